The van der Waals surface area contributed by atoms with Gasteiger partial charge in [0, 0.05) is 19.0 Å². The van der Waals surface area contributed by atoms with E-state index in [4.69, 9.17) is 29.0 Å². The Kier molecular flexibility index (Phi) is 33.4. The second kappa shape index (κ2) is 37.6. The van der Waals surface area contributed by atoms with Gasteiger partial charge in [0.1, 0.15) is 30.7 Å². The van der Waals surface area contributed by atoms with E-state index < -0.39 is 89.8 Å². The van der Waals surface area contributed by atoms with E-state index in [1.165, 1.54) is 6.07 Å². The molecular weight excluding hydrogens is 961 g/mol. The predicted octanol–water partition coefficient (Wildman–Crippen LogP) is 8.86. The number of aliphatic hydroxyl groups excluding tert-OH is 3. The molecule has 71 heavy (non-hydrogen) atoms. The molecule has 0 radical (unpaired) electrons. The van der Waals surface area contributed by atoms with E-state index in [2.05, 4.69) is 59.6 Å². The van der Waals surface area contributed by atoms with E-state index in [1.54, 1.807) is 6.08 Å². The van der Waals surface area contributed by atoms with Crippen LogP contribution in [0.1, 0.15) is 142 Å². The number of hydrogen-bond donors (Lipinski definition) is 6. The molecule has 1 aliphatic rings. The van der Waals surface area contributed by atoms with Crippen molar-refractivity contribution < 1.29 is 71.4 Å². The Morgan fingerprint density at radius 2 is 1.37 bits per heavy atom. The number of carbonyl (C=O) groups excluding carboxylic acids is 2. The van der Waals surface area contributed by atoms with Gasteiger partial charge in [-0.2, -0.15) is 9.29 Å². The molecular formula is C50H79N3O16P2. The lowest BCUT2D eigenvalue weighted by Crippen LogP contribution is -2.36. The summed E-state index contributed by atoms with van der Waals surface area (Å²) in [4.78, 5) is 61.8. The maximum absolute atomic E-state index is 12.8. The molecule has 0 aromatic carbocycles. The Hall–Kier alpha value is -4.10. The Morgan fingerprint density at radius 3 is 2.04 bits per heavy atom. The summed E-state index contributed by atoms with van der Waals surface area (Å²) in [7, 11) is -10.9. The first-order valence-corrected chi connectivity index (χ1v) is 27.7. The van der Waals surface area contributed by atoms with E-state index in [0.717, 1.165) is 94.2 Å². The second-order valence-electron chi connectivity index (χ2n) is 16.8. The van der Waals surface area contributed by atoms with Crippen LogP contribution in [0.2, 0.25) is 0 Å². The molecule has 1 fully saturated rings. The number of esters is 2. The quantitative estimate of drug-likeness (QED) is 0.0118. The molecule has 19 nitrogen and oxygen atoms in total. The third-order valence-corrected chi connectivity index (χ3v) is 13.2. The molecule has 0 bridgehead atoms. The van der Waals surface area contributed by atoms with E-state index in [0.29, 0.717) is 25.7 Å². The molecule has 2 unspecified atom stereocenters. The van der Waals surface area contributed by atoms with Crippen LogP contribution in [0.4, 0.5) is 5.82 Å². The number of aromatic nitrogens is 2. The van der Waals surface area contributed by atoms with Crippen molar-refractivity contribution in [3.8, 4) is 0 Å². The minimum atomic E-state index is -5.45. The van der Waals surface area contributed by atoms with E-state index >= 15 is 0 Å². The van der Waals surface area contributed by atoms with Gasteiger partial charge in [0.05, 0.1) is 19.3 Å². The van der Waals surface area contributed by atoms with Crippen molar-refractivity contribution in [3.05, 3.63) is 108 Å². The third kappa shape index (κ3) is 30.5. The molecule has 1 aromatic heterocycles. The Bertz CT molecular complexity index is 2040. The van der Waals surface area contributed by atoms with Crippen LogP contribution < -0.4 is 11.4 Å². The number of nitrogens with two attached hydrogens (primary N) is 1. The first kappa shape index (κ1) is 63.0. The highest BCUT2D eigenvalue weighted by Crippen LogP contribution is 2.60. The molecule has 1 aliphatic heterocycles. The third-order valence-electron chi connectivity index (χ3n) is 10.6. The van der Waals surface area contributed by atoms with Crippen molar-refractivity contribution in [2.75, 3.05) is 25.6 Å². The summed E-state index contributed by atoms with van der Waals surface area (Å²) in [6.07, 6.45) is 35.7. The van der Waals surface area contributed by atoms with Gasteiger partial charge < -0.3 is 45.1 Å². The van der Waals surface area contributed by atoms with E-state index in [-0.39, 0.29) is 18.7 Å². The fourth-order valence-corrected chi connectivity index (χ4v) is 8.83. The summed E-state index contributed by atoms with van der Waals surface area (Å²) in [5.74, 6) is -1.42. The number of allylic oxidation sites excluding steroid dienone is 13. The number of anilines is 1. The van der Waals surface area contributed by atoms with Gasteiger partial charge in [-0.25, -0.2) is 13.9 Å². The normalized spacial score (nSPS) is 20.3. The van der Waals surface area contributed by atoms with E-state index in [9.17, 15) is 48.6 Å². The van der Waals surface area contributed by atoms with Gasteiger partial charge in [-0.05, 0) is 76.7 Å². The summed E-state index contributed by atoms with van der Waals surface area (Å²) in [5.41, 5.74) is 4.57. The van der Waals surface area contributed by atoms with Crippen LogP contribution in [0.5, 0.6) is 0 Å². The number of nitrogens with zero attached hydrogens (tertiary/aromatic N) is 2. The van der Waals surface area contributed by atoms with Gasteiger partial charge in [0.2, 0.25) is 0 Å². The standard InChI is InChI=1S/C50H79N3O16P2/c1-3-5-7-8-9-10-11-12-13-14-17-20-23-26-30-34-45(55)64-38-42(67-46(56)35-31-27-24-21-18-15-16-19-22-25-29-33-41(54)32-28-6-4-2)39-65-70(60,61)69-71(62,63)66-40-43-47(57)48(58)49(68-43)53-37-36-44(51)52-50(53)59/h5,7,9-10,12-13,15-16,21-22,24-25,29,33,36-37,41-43,47-49,54,57-58H,3-4,6,8,11,14,17-20,23,26-28,30-32,34-35,38-40H2,1-2H3,(H,60,61)(H,62,63)(H2,51,52,59)/b7-5-,10-9-,13-12-,16-15-,24-21-,25-22-,33-29+/t41-,42+,43+,47+,48+,49+/m0/s1. The fraction of sp³-hybridized carbons (Fsp3) is 0.600. The first-order valence-electron chi connectivity index (χ1n) is 24.7. The van der Waals surface area contributed by atoms with E-state index in [1.807, 2.05) is 42.5 Å². The largest absolute Gasteiger partial charge is 0.481 e. The number of hydrogen-bond acceptors (Lipinski definition) is 16. The summed E-state index contributed by atoms with van der Waals surface area (Å²) in [5, 5.41) is 30.8. The smallest absolute Gasteiger partial charge is 0.462 e. The van der Waals surface area contributed by atoms with Crippen LogP contribution in [-0.4, -0.2) is 96.9 Å². The molecule has 1 aromatic rings. The number of nitrogen functional groups attached to an aromatic ring is 1. The highest BCUT2D eigenvalue weighted by molar-refractivity contribution is 7.61. The summed E-state index contributed by atoms with van der Waals surface area (Å²) >= 11 is 0. The Balaban J connectivity index is 1.86. The van der Waals surface area contributed by atoms with Crippen LogP contribution in [0, 0.1) is 0 Å². The number of rotatable bonds is 39. The van der Waals surface area contributed by atoms with Crippen molar-refractivity contribution in [1.29, 1.82) is 0 Å². The maximum atomic E-state index is 12.8. The van der Waals surface area contributed by atoms with Crippen molar-refractivity contribution >= 4 is 33.4 Å². The van der Waals surface area contributed by atoms with Gasteiger partial charge in [0.15, 0.2) is 12.3 Å². The van der Waals surface area contributed by atoms with Crippen LogP contribution in [-0.2, 0) is 46.3 Å². The molecule has 21 heteroatoms. The molecule has 8 atom stereocenters. The molecule has 7 N–H and O–H groups in total. The molecule has 2 heterocycles. The van der Waals surface area contributed by atoms with Gasteiger partial charge >= 0.3 is 33.3 Å². The van der Waals surface area contributed by atoms with Crippen LogP contribution in [0.3, 0.4) is 0 Å². The lowest BCUT2D eigenvalue weighted by Gasteiger charge is -2.21. The highest BCUT2D eigenvalue weighted by atomic mass is 31.3. The first-order chi connectivity index (χ1) is 34.1. The second-order valence-corrected chi connectivity index (χ2v) is 19.8. The van der Waals surface area contributed by atoms with Crippen LogP contribution in [0.25, 0.3) is 0 Å². The van der Waals surface area contributed by atoms with Crippen molar-refractivity contribution in [2.24, 2.45) is 0 Å². The Labute approximate surface area is 419 Å². The molecule has 0 saturated carbocycles. The lowest BCUT2D eigenvalue weighted by molar-refractivity contribution is -0.161. The average molecular weight is 1040 g/mol. The number of phosphoric acid groups is 2. The summed E-state index contributed by atoms with van der Waals surface area (Å²) < 4.78 is 56.6. The molecule has 400 valence electrons. The molecule has 0 amide bonds. The fourth-order valence-electron chi connectivity index (χ4n) is 6.72. The number of carbonyl (C=O) groups is 2. The predicted molar refractivity (Wildman–Crippen MR) is 271 cm³/mol. The summed E-state index contributed by atoms with van der Waals surface area (Å²) in [6.45, 7) is 1.82. The monoisotopic (exact) mass is 1040 g/mol. The van der Waals surface area contributed by atoms with Gasteiger partial charge in [0.25, 0.3) is 0 Å². The number of phosphoric ester groups is 2. The topological polar surface area (TPSA) is 286 Å². The van der Waals surface area contributed by atoms with Crippen LogP contribution >= 0.6 is 15.6 Å². The van der Waals surface area contributed by atoms with Crippen molar-refractivity contribution in [3.63, 3.8) is 0 Å². The van der Waals surface area contributed by atoms with Crippen LogP contribution in [0.15, 0.2) is 102 Å². The minimum absolute atomic E-state index is 0.0545. The zero-order valence-electron chi connectivity index (χ0n) is 41.4. The molecule has 0 spiro atoms. The highest BCUT2D eigenvalue weighted by Gasteiger charge is 2.46. The summed E-state index contributed by atoms with van der Waals surface area (Å²) in [6, 6.07) is 1.24. The van der Waals surface area contributed by atoms with Crippen molar-refractivity contribution in [2.45, 2.75) is 173 Å². The minimum Gasteiger partial charge on any atom is -0.462 e. The Morgan fingerprint density at radius 1 is 0.761 bits per heavy atom. The van der Waals surface area contributed by atoms with Gasteiger partial charge in [-0.15, -0.1) is 0 Å². The lowest BCUT2D eigenvalue weighted by atomic mass is 10.1. The zero-order chi connectivity index (χ0) is 52.2. The average Bonchev–Trinajstić information content (AvgIpc) is 3.60. The zero-order valence-corrected chi connectivity index (χ0v) is 43.1. The number of ether oxygens (including phenoxy) is 3. The number of aliphatic hydroxyl groups is 3. The molecule has 1 saturated heterocycles. The maximum Gasteiger partial charge on any atom is 0.481 e. The van der Waals surface area contributed by atoms with Crippen molar-refractivity contribution in [1.82, 2.24) is 9.55 Å². The molecule has 2 rings (SSSR count). The SMILES string of the molecule is CC/C=C\C/C=C\C/C=C\CCCCCCCC(=O)OC[C@H](COP(=O)(O)OP(=O)(O)OC[C@H]1O[C@@H](n2ccc(N)nc2=O)[C@H](O)[C@@H]1O)OC(=O)CCC/C=C\C/C=C\C/C=C\C=C\[C@@H](O)CCCCC. The van der Waals surface area contributed by atoms with Gasteiger partial charge in [-0.1, -0.05) is 137 Å². The molecule has 0 aliphatic carbocycles. The number of unbranched alkanes of at least 4 members (excludes halogenated alkanes) is 8. The van der Waals surface area contributed by atoms with Gasteiger partial charge in [-0.3, -0.25) is 23.2 Å².